The van der Waals surface area contributed by atoms with Crippen molar-refractivity contribution in [1.82, 2.24) is 34.7 Å². The largest absolute Gasteiger partial charge is 0.333 e. The van der Waals surface area contributed by atoms with E-state index >= 15 is 0 Å². The standard InChI is InChI=1S/C31H35N7O/c1-4-7-12-26-21-38(29-23(6-3)10-8-11-25(29)9-5-2)31(39)37(26)20-22-13-15-24(16-14-22)28-19-32-18-17-27(28)30-33-35-36-34-30/h8,10-11,13-19,21H,4-7,9,12,20H2,1-3H3,(H,33,34,35,36). The van der Waals surface area contributed by atoms with Crippen molar-refractivity contribution in [3.8, 4) is 28.2 Å². The molecule has 0 saturated heterocycles. The fourth-order valence-electron chi connectivity index (χ4n) is 5.20. The maximum atomic E-state index is 13.9. The fraction of sp³-hybridized carbons (Fsp3) is 0.323. The lowest BCUT2D eigenvalue weighted by Gasteiger charge is -2.14. The van der Waals surface area contributed by atoms with Crippen LogP contribution in [0.3, 0.4) is 0 Å². The molecule has 0 bridgehead atoms. The Labute approximate surface area is 228 Å². The number of para-hydroxylation sites is 1. The van der Waals surface area contributed by atoms with E-state index < -0.39 is 0 Å². The smallest absolute Gasteiger partial charge is 0.292 e. The zero-order valence-electron chi connectivity index (χ0n) is 22.9. The predicted molar refractivity (Wildman–Crippen MR) is 154 cm³/mol. The van der Waals surface area contributed by atoms with Crippen LogP contribution in [-0.4, -0.2) is 34.7 Å². The quantitative estimate of drug-likeness (QED) is 0.238. The number of aromatic amines is 1. The van der Waals surface area contributed by atoms with Crippen molar-refractivity contribution in [3.05, 3.63) is 100.0 Å². The first-order valence-corrected chi connectivity index (χ1v) is 13.8. The van der Waals surface area contributed by atoms with Crippen LogP contribution in [0.1, 0.15) is 62.4 Å². The maximum absolute atomic E-state index is 13.9. The topological polar surface area (TPSA) is 94.3 Å². The van der Waals surface area contributed by atoms with Gasteiger partial charge in [0.2, 0.25) is 0 Å². The summed E-state index contributed by atoms with van der Waals surface area (Å²) in [5.74, 6) is 0.597. The molecule has 8 nitrogen and oxygen atoms in total. The number of nitrogens with zero attached hydrogens (tertiary/aromatic N) is 6. The molecule has 1 N–H and O–H groups in total. The average Bonchev–Trinajstić information content (AvgIpc) is 3.61. The third-order valence-corrected chi connectivity index (χ3v) is 7.22. The molecule has 0 saturated carbocycles. The summed E-state index contributed by atoms with van der Waals surface area (Å²) in [5, 5.41) is 14.3. The molecule has 8 heteroatoms. The van der Waals surface area contributed by atoms with Crippen LogP contribution in [0.2, 0.25) is 0 Å². The van der Waals surface area contributed by atoms with Crippen LogP contribution < -0.4 is 5.69 Å². The third kappa shape index (κ3) is 5.46. The number of aromatic nitrogens is 7. The Morgan fingerprint density at radius 3 is 2.44 bits per heavy atom. The minimum absolute atomic E-state index is 0.0239. The van der Waals surface area contributed by atoms with Gasteiger partial charge in [-0.15, -0.1) is 5.10 Å². The second-order valence-electron chi connectivity index (χ2n) is 9.86. The van der Waals surface area contributed by atoms with Crippen molar-refractivity contribution in [2.75, 3.05) is 0 Å². The Balaban J connectivity index is 1.51. The van der Waals surface area contributed by atoms with Crippen LogP contribution in [0.4, 0.5) is 0 Å². The molecule has 0 unspecified atom stereocenters. The zero-order chi connectivity index (χ0) is 27.2. The van der Waals surface area contributed by atoms with E-state index in [4.69, 9.17) is 0 Å². The molecule has 200 valence electrons. The van der Waals surface area contributed by atoms with Gasteiger partial charge in [-0.1, -0.05) is 76.1 Å². The van der Waals surface area contributed by atoms with E-state index in [-0.39, 0.29) is 5.69 Å². The van der Waals surface area contributed by atoms with E-state index in [0.717, 1.165) is 72.2 Å². The number of pyridine rings is 1. The van der Waals surface area contributed by atoms with Crippen molar-refractivity contribution in [3.63, 3.8) is 0 Å². The molecular weight excluding hydrogens is 486 g/mol. The molecule has 2 aromatic carbocycles. The number of aryl methyl sites for hydroxylation is 3. The Bertz CT molecular complexity index is 1580. The SMILES string of the molecule is CCCCc1cn(-c2c(CC)cccc2CCC)c(=O)n1Cc1ccc(-c2cnccc2-c2nnn[nH]2)cc1. The molecule has 0 fully saturated rings. The first-order valence-electron chi connectivity index (χ1n) is 13.8. The highest BCUT2D eigenvalue weighted by atomic mass is 16.1. The molecule has 3 heterocycles. The van der Waals surface area contributed by atoms with Gasteiger partial charge in [0.05, 0.1) is 12.2 Å². The summed E-state index contributed by atoms with van der Waals surface area (Å²) in [6.45, 7) is 7.05. The third-order valence-electron chi connectivity index (χ3n) is 7.22. The summed E-state index contributed by atoms with van der Waals surface area (Å²) in [7, 11) is 0. The van der Waals surface area contributed by atoms with E-state index in [9.17, 15) is 4.79 Å². The van der Waals surface area contributed by atoms with Crippen molar-refractivity contribution < 1.29 is 0 Å². The van der Waals surface area contributed by atoms with Gasteiger partial charge in [-0.2, -0.15) is 0 Å². The lowest BCUT2D eigenvalue weighted by Crippen LogP contribution is -2.26. The van der Waals surface area contributed by atoms with Crippen LogP contribution in [0.25, 0.3) is 28.2 Å². The number of hydrogen-bond acceptors (Lipinski definition) is 5. The number of nitrogens with one attached hydrogen (secondary N) is 1. The van der Waals surface area contributed by atoms with Gasteiger partial charge in [-0.3, -0.25) is 14.1 Å². The van der Waals surface area contributed by atoms with E-state index in [0.29, 0.717) is 12.4 Å². The predicted octanol–water partition coefficient (Wildman–Crippen LogP) is 5.79. The number of imidazole rings is 1. The summed E-state index contributed by atoms with van der Waals surface area (Å²) in [5.41, 5.74) is 8.50. The van der Waals surface area contributed by atoms with Crippen LogP contribution >= 0.6 is 0 Å². The Kier molecular flexibility index (Phi) is 8.10. The highest BCUT2D eigenvalue weighted by Crippen LogP contribution is 2.29. The van der Waals surface area contributed by atoms with Crippen LogP contribution in [0.5, 0.6) is 0 Å². The van der Waals surface area contributed by atoms with Crippen LogP contribution in [-0.2, 0) is 25.8 Å². The van der Waals surface area contributed by atoms with Gasteiger partial charge in [0, 0.05) is 35.4 Å². The second-order valence-corrected chi connectivity index (χ2v) is 9.86. The molecule has 39 heavy (non-hydrogen) atoms. The molecule has 0 amide bonds. The molecule has 0 spiro atoms. The summed E-state index contributed by atoms with van der Waals surface area (Å²) >= 11 is 0. The molecule has 5 rings (SSSR count). The first-order chi connectivity index (χ1) is 19.1. The summed E-state index contributed by atoms with van der Waals surface area (Å²) in [4.78, 5) is 18.3. The minimum Gasteiger partial charge on any atom is -0.292 e. The van der Waals surface area contributed by atoms with Crippen LogP contribution in [0.15, 0.2) is 71.9 Å². The Morgan fingerprint density at radius 1 is 0.897 bits per heavy atom. The molecule has 5 aromatic rings. The van der Waals surface area contributed by atoms with Gasteiger partial charge in [-0.25, -0.2) is 9.89 Å². The number of unbranched alkanes of at least 4 members (excludes halogenated alkanes) is 1. The van der Waals surface area contributed by atoms with Crippen molar-refractivity contribution >= 4 is 0 Å². The number of benzene rings is 2. The molecule has 0 atom stereocenters. The lowest BCUT2D eigenvalue weighted by molar-refractivity contribution is 0.673. The van der Waals surface area contributed by atoms with Crippen molar-refractivity contribution in [1.29, 1.82) is 0 Å². The number of hydrogen-bond donors (Lipinski definition) is 1. The van der Waals surface area contributed by atoms with Gasteiger partial charge in [0.15, 0.2) is 5.82 Å². The average molecular weight is 522 g/mol. The molecular formula is C31H35N7O. The van der Waals surface area contributed by atoms with Gasteiger partial charge in [-0.05, 0) is 64.4 Å². The summed E-state index contributed by atoms with van der Waals surface area (Å²) in [6.07, 6.45) is 11.5. The van der Waals surface area contributed by atoms with E-state index in [1.54, 1.807) is 6.20 Å². The van der Waals surface area contributed by atoms with E-state index in [2.05, 4.69) is 95.0 Å². The lowest BCUT2D eigenvalue weighted by atomic mass is 10.0. The Hall–Kier alpha value is -4.33. The minimum atomic E-state index is 0.0239. The molecule has 0 aliphatic rings. The Morgan fingerprint density at radius 2 is 1.72 bits per heavy atom. The van der Waals surface area contributed by atoms with Gasteiger partial charge in [0.1, 0.15) is 0 Å². The van der Waals surface area contributed by atoms with Gasteiger partial charge < -0.3 is 0 Å². The van der Waals surface area contributed by atoms with Crippen molar-refractivity contribution in [2.45, 2.75) is 65.8 Å². The fourth-order valence-corrected chi connectivity index (χ4v) is 5.20. The van der Waals surface area contributed by atoms with Gasteiger partial charge >= 0.3 is 5.69 Å². The molecule has 0 aliphatic heterocycles. The second kappa shape index (κ2) is 12.0. The monoisotopic (exact) mass is 521 g/mol. The van der Waals surface area contributed by atoms with E-state index in [1.165, 1.54) is 11.1 Å². The summed E-state index contributed by atoms with van der Waals surface area (Å²) in [6, 6.07) is 16.6. The van der Waals surface area contributed by atoms with Crippen LogP contribution in [0, 0.1) is 0 Å². The number of rotatable bonds is 11. The highest BCUT2D eigenvalue weighted by molar-refractivity contribution is 5.79. The van der Waals surface area contributed by atoms with E-state index in [1.807, 2.05) is 21.4 Å². The molecule has 3 aromatic heterocycles. The molecule has 0 aliphatic carbocycles. The zero-order valence-corrected chi connectivity index (χ0v) is 22.9. The van der Waals surface area contributed by atoms with Crippen molar-refractivity contribution in [2.24, 2.45) is 0 Å². The first kappa shape index (κ1) is 26.3. The summed E-state index contributed by atoms with van der Waals surface area (Å²) < 4.78 is 3.85. The molecule has 0 radical (unpaired) electrons. The maximum Gasteiger partial charge on any atom is 0.333 e. The van der Waals surface area contributed by atoms with Gasteiger partial charge in [0.25, 0.3) is 0 Å². The normalized spacial score (nSPS) is 11.3. The number of H-pyrrole nitrogens is 1. The highest BCUT2D eigenvalue weighted by Gasteiger charge is 2.18. The number of tetrazole rings is 1.